The molecule has 128 valence electrons. The van der Waals surface area contributed by atoms with Gasteiger partial charge in [-0.25, -0.2) is 8.42 Å². The van der Waals surface area contributed by atoms with Crippen LogP contribution in [-0.4, -0.2) is 33.0 Å². The average Bonchev–Trinajstić information content (AvgIpc) is 2.56. The molecular weight excluding hydrogens is 328 g/mol. The van der Waals surface area contributed by atoms with E-state index in [1.807, 2.05) is 31.2 Å². The van der Waals surface area contributed by atoms with Gasteiger partial charge in [0.2, 0.25) is 5.91 Å². The molecular formula is C17H20N2O4S. The van der Waals surface area contributed by atoms with Crippen LogP contribution in [0.2, 0.25) is 0 Å². The van der Waals surface area contributed by atoms with Crippen molar-refractivity contribution < 1.29 is 18.0 Å². The zero-order valence-corrected chi connectivity index (χ0v) is 14.6. The Morgan fingerprint density at radius 1 is 1.12 bits per heavy atom. The molecule has 24 heavy (non-hydrogen) atoms. The molecule has 0 aliphatic rings. The fourth-order valence-corrected chi connectivity index (χ4v) is 3.12. The van der Waals surface area contributed by atoms with Crippen molar-refractivity contribution in [1.82, 2.24) is 4.47 Å². The van der Waals surface area contributed by atoms with Gasteiger partial charge in [-0.1, -0.05) is 28.7 Å². The van der Waals surface area contributed by atoms with E-state index in [1.54, 1.807) is 12.1 Å². The molecule has 0 aliphatic heterocycles. The van der Waals surface area contributed by atoms with Crippen molar-refractivity contribution in [2.75, 3.05) is 19.5 Å². The van der Waals surface area contributed by atoms with E-state index in [4.69, 9.17) is 4.84 Å². The first-order valence-electron chi connectivity index (χ1n) is 7.32. The number of aryl methyl sites for hydroxylation is 1. The van der Waals surface area contributed by atoms with Gasteiger partial charge in [0, 0.05) is 12.7 Å². The third-order valence-corrected chi connectivity index (χ3v) is 5.34. The Labute approximate surface area is 142 Å². The van der Waals surface area contributed by atoms with Crippen LogP contribution >= 0.6 is 0 Å². The van der Waals surface area contributed by atoms with Gasteiger partial charge in [-0.15, -0.1) is 0 Å². The summed E-state index contributed by atoms with van der Waals surface area (Å²) in [6.07, 6.45) is 0.263. The van der Waals surface area contributed by atoms with E-state index in [0.717, 1.165) is 15.6 Å². The molecule has 2 rings (SSSR count). The Kier molecular flexibility index (Phi) is 5.71. The van der Waals surface area contributed by atoms with E-state index < -0.39 is 10.0 Å². The van der Waals surface area contributed by atoms with Crippen LogP contribution in [0.3, 0.4) is 0 Å². The maximum absolute atomic E-state index is 12.1. The summed E-state index contributed by atoms with van der Waals surface area (Å²) in [5, 5.41) is 2.76. The molecule has 1 N–H and O–H groups in total. The molecule has 0 fully saturated rings. The summed E-state index contributed by atoms with van der Waals surface area (Å²) in [5.41, 5.74) is 2.54. The lowest BCUT2D eigenvalue weighted by Gasteiger charge is -2.14. The van der Waals surface area contributed by atoms with E-state index in [9.17, 15) is 13.2 Å². The molecule has 2 aromatic carbocycles. The number of rotatable bonds is 6. The molecule has 1 amide bonds. The number of sulfonamides is 1. The topological polar surface area (TPSA) is 75.7 Å². The summed E-state index contributed by atoms with van der Waals surface area (Å²) >= 11 is 0. The van der Waals surface area contributed by atoms with Gasteiger partial charge in [0.25, 0.3) is 10.0 Å². The molecule has 6 nitrogen and oxygen atoms in total. The van der Waals surface area contributed by atoms with Crippen molar-refractivity contribution in [3.8, 4) is 0 Å². The minimum Gasteiger partial charge on any atom is -0.326 e. The van der Waals surface area contributed by atoms with Gasteiger partial charge in [-0.05, 0) is 42.3 Å². The molecule has 0 aliphatic carbocycles. The summed E-state index contributed by atoms with van der Waals surface area (Å²) in [4.78, 5) is 16.9. The lowest BCUT2D eigenvalue weighted by molar-refractivity contribution is -0.115. The van der Waals surface area contributed by atoms with Crippen LogP contribution in [-0.2, 0) is 26.1 Å². The first-order chi connectivity index (χ1) is 11.3. The fourth-order valence-electron chi connectivity index (χ4n) is 2.14. The van der Waals surface area contributed by atoms with Crippen molar-refractivity contribution in [3.05, 3.63) is 59.7 Å². The highest BCUT2D eigenvalue weighted by Crippen LogP contribution is 2.18. The van der Waals surface area contributed by atoms with Crippen LogP contribution in [0, 0.1) is 6.92 Å². The Hall–Kier alpha value is -2.22. The number of nitrogens with one attached hydrogen (secondary N) is 1. The first kappa shape index (κ1) is 18.1. The van der Waals surface area contributed by atoms with Crippen LogP contribution in [0.1, 0.15) is 11.1 Å². The lowest BCUT2D eigenvalue weighted by Crippen LogP contribution is -2.25. The predicted molar refractivity (Wildman–Crippen MR) is 91.9 cm³/mol. The quantitative estimate of drug-likeness (QED) is 0.813. The Morgan fingerprint density at radius 3 is 2.33 bits per heavy atom. The molecule has 0 heterocycles. The summed E-state index contributed by atoms with van der Waals surface area (Å²) in [5.74, 6) is -0.158. The predicted octanol–water partition coefficient (Wildman–Crippen LogP) is 2.36. The smallest absolute Gasteiger partial charge is 0.264 e. The van der Waals surface area contributed by atoms with Crippen molar-refractivity contribution >= 4 is 21.6 Å². The second kappa shape index (κ2) is 7.57. The Bertz CT molecular complexity index is 817. The van der Waals surface area contributed by atoms with Crippen LogP contribution in [0.25, 0.3) is 0 Å². The summed E-state index contributed by atoms with van der Waals surface area (Å²) in [6, 6.07) is 13.6. The maximum Gasteiger partial charge on any atom is 0.264 e. The highest BCUT2D eigenvalue weighted by atomic mass is 32.2. The number of carbonyl (C=O) groups is 1. The second-order valence-electron chi connectivity index (χ2n) is 5.27. The van der Waals surface area contributed by atoms with Crippen molar-refractivity contribution in [3.63, 3.8) is 0 Å². The Morgan fingerprint density at radius 2 is 1.75 bits per heavy atom. The SMILES string of the molecule is CON(C)S(=O)(=O)c1ccc(NC(=O)Cc2ccccc2C)cc1. The molecule has 0 saturated heterocycles. The molecule has 0 spiro atoms. The minimum absolute atomic E-state index is 0.0868. The molecule has 2 aromatic rings. The molecule has 0 aromatic heterocycles. The van der Waals surface area contributed by atoms with Gasteiger partial charge in [-0.3, -0.25) is 9.63 Å². The monoisotopic (exact) mass is 348 g/mol. The molecule has 0 bridgehead atoms. The minimum atomic E-state index is -3.69. The number of nitrogens with zero attached hydrogens (tertiary/aromatic N) is 1. The van der Waals surface area contributed by atoms with E-state index in [0.29, 0.717) is 5.69 Å². The van der Waals surface area contributed by atoms with Gasteiger partial charge < -0.3 is 5.32 Å². The summed E-state index contributed by atoms with van der Waals surface area (Å²) in [6.45, 7) is 1.95. The fraction of sp³-hybridized carbons (Fsp3) is 0.235. The summed E-state index contributed by atoms with van der Waals surface area (Å²) < 4.78 is 25.0. The second-order valence-corrected chi connectivity index (χ2v) is 7.21. The average molecular weight is 348 g/mol. The first-order valence-corrected chi connectivity index (χ1v) is 8.76. The zero-order valence-electron chi connectivity index (χ0n) is 13.8. The van der Waals surface area contributed by atoms with Gasteiger partial charge >= 0.3 is 0 Å². The van der Waals surface area contributed by atoms with E-state index >= 15 is 0 Å². The van der Waals surface area contributed by atoms with E-state index in [-0.39, 0.29) is 17.2 Å². The normalized spacial score (nSPS) is 11.5. The van der Waals surface area contributed by atoms with Crippen molar-refractivity contribution in [2.24, 2.45) is 0 Å². The number of hydrogen-bond donors (Lipinski definition) is 1. The van der Waals surface area contributed by atoms with E-state index in [1.165, 1.54) is 26.3 Å². The van der Waals surface area contributed by atoms with Gasteiger partial charge in [0.1, 0.15) is 0 Å². The number of benzene rings is 2. The molecule has 0 unspecified atom stereocenters. The molecule has 0 radical (unpaired) electrons. The number of amides is 1. The standard InChI is InChI=1S/C17H20N2O4S/c1-13-6-4-5-7-14(13)12-17(20)18-15-8-10-16(11-9-15)24(21,22)19(2)23-3/h4-11H,12H2,1-3H3,(H,18,20). The van der Waals surface area contributed by atoms with Gasteiger partial charge in [0.15, 0.2) is 0 Å². The number of anilines is 1. The Balaban J connectivity index is 2.07. The largest absolute Gasteiger partial charge is 0.326 e. The van der Waals surface area contributed by atoms with Crippen LogP contribution in [0.15, 0.2) is 53.4 Å². The molecule has 0 saturated carbocycles. The van der Waals surface area contributed by atoms with Gasteiger partial charge in [0.05, 0.1) is 18.4 Å². The van der Waals surface area contributed by atoms with Crippen molar-refractivity contribution in [2.45, 2.75) is 18.2 Å². The lowest BCUT2D eigenvalue weighted by atomic mass is 10.1. The van der Waals surface area contributed by atoms with Gasteiger partial charge in [-0.2, -0.15) is 0 Å². The third-order valence-electron chi connectivity index (χ3n) is 3.64. The number of carbonyl (C=O) groups excluding carboxylic acids is 1. The van der Waals surface area contributed by atoms with E-state index in [2.05, 4.69) is 5.32 Å². The van der Waals surface area contributed by atoms with Crippen LogP contribution in [0.4, 0.5) is 5.69 Å². The molecule has 7 heteroatoms. The number of hydrogen-bond acceptors (Lipinski definition) is 4. The van der Waals surface area contributed by atoms with Crippen LogP contribution in [0.5, 0.6) is 0 Å². The highest BCUT2D eigenvalue weighted by molar-refractivity contribution is 7.89. The van der Waals surface area contributed by atoms with Crippen molar-refractivity contribution in [1.29, 1.82) is 0 Å². The third kappa shape index (κ3) is 4.19. The van der Waals surface area contributed by atoms with Crippen LogP contribution < -0.4 is 5.32 Å². The summed E-state index contributed by atoms with van der Waals surface area (Å²) in [7, 11) is -1.10. The number of hydroxylamine groups is 1. The zero-order chi connectivity index (χ0) is 17.7. The molecule has 0 atom stereocenters. The highest BCUT2D eigenvalue weighted by Gasteiger charge is 2.20. The maximum atomic E-state index is 12.1.